The number of nitrogens with one attached hydrogen (secondary N) is 1. The Morgan fingerprint density at radius 2 is 1.45 bits per heavy atom. The van der Waals surface area contributed by atoms with Crippen LogP contribution in [0.3, 0.4) is 0 Å². The molecule has 0 saturated carbocycles. The van der Waals surface area contributed by atoms with Gasteiger partial charge in [-0.3, -0.25) is 0 Å². The van der Waals surface area contributed by atoms with Crippen LogP contribution in [0.2, 0.25) is 0 Å². The molecule has 0 bridgehead atoms. The summed E-state index contributed by atoms with van der Waals surface area (Å²) in [5, 5.41) is 0. The number of hydrogen-bond donors (Lipinski definition) is 1. The summed E-state index contributed by atoms with van der Waals surface area (Å²) in [4.78, 5) is 0.314. The van der Waals surface area contributed by atoms with Gasteiger partial charge in [0.1, 0.15) is 0 Å². The van der Waals surface area contributed by atoms with E-state index in [1.165, 1.54) is 5.56 Å². The third-order valence-corrected chi connectivity index (χ3v) is 5.46. The highest BCUT2D eigenvalue weighted by atomic mass is 32.2. The molecule has 0 unspecified atom stereocenters. The predicted octanol–water partition coefficient (Wildman–Crippen LogP) is 3.47. The first-order valence-corrected chi connectivity index (χ1v) is 8.94. The minimum absolute atomic E-state index is 0.134. The van der Waals surface area contributed by atoms with Crippen molar-refractivity contribution in [2.24, 2.45) is 0 Å². The molecule has 1 aliphatic carbocycles. The Morgan fingerprint density at radius 3 is 2.05 bits per heavy atom. The number of sulfonamides is 1. The van der Waals surface area contributed by atoms with Crippen LogP contribution < -0.4 is 4.72 Å². The number of benzene rings is 2. The Kier molecular flexibility index (Phi) is 4.41. The van der Waals surface area contributed by atoms with Gasteiger partial charge in [-0.1, -0.05) is 60.7 Å². The second-order valence-electron chi connectivity index (χ2n) is 5.52. The molecule has 0 spiro atoms. The molecule has 2 aromatic rings. The summed E-state index contributed by atoms with van der Waals surface area (Å²) in [5.74, 6) is 0.374. The molecule has 0 amide bonds. The van der Waals surface area contributed by atoms with Gasteiger partial charge < -0.3 is 0 Å². The summed E-state index contributed by atoms with van der Waals surface area (Å²) in [6.45, 7) is 0. The molecule has 1 N–H and O–H groups in total. The zero-order valence-electron chi connectivity index (χ0n) is 12.2. The van der Waals surface area contributed by atoms with E-state index in [1.54, 1.807) is 24.3 Å². The summed E-state index contributed by atoms with van der Waals surface area (Å²) in [6, 6.07) is 18.7. The summed E-state index contributed by atoms with van der Waals surface area (Å²) in [5.41, 5.74) is 1.28. The van der Waals surface area contributed by atoms with Gasteiger partial charge in [0.25, 0.3) is 0 Å². The van der Waals surface area contributed by atoms with Crippen LogP contribution in [0.25, 0.3) is 0 Å². The van der Waals surface area contributed by atoms with Gasteiger partial charge in [0.2, 0.25) is 10.0 Å². The maximum absolute atomic E-state index is 12.3. The molecule has 1 aliphatic rings. The largest absolute Gasteiger partial charge is 0.241 e. The first kappa shape index (κ1) is 15.0. The minimum atomic E-state index is -3.44. The quantitative estimate of drug-likeness (QED) is 0.879. The molecule has 3 rings (SSSR count). The van der Waals surface area contributed by atoms with Crippen molar-refractivity contribution in [3.8, 4) is 0 Å². The molecule has 0 fully saturated rings. The van der Waals surface area contributed by atoms with E-state index in [9.17, 15) is 8.42 Å². The number of hydrogen-bond acceptors (Lipinski definition) is 2. The lowest BCUT2D eigenvalue weighted by Gasteiger charge is -2.24. The average Bonchev–Trinajstić information content (AvgIpc) is 2.57. The zero-order chi connectivity index (χ0) is 15.4. The first-order valence-electron chi connectivity index (χ1n) is 7.46. The molecule has 2 aromatic carbocycles. The van der Waals surface area contributed by atoms with Crippen LogP contribution in [0.1, 0.15) is 24.3 Å². The Labute approximate surface area is 131 Å². The van der Waals surface area contributed by atoms with Crippen molar-refractivity contribution in [1.82, 2.24) is 4.72 Å². The number of allylic oxidation sites excluding steroid dienone is 1. The molecular weight excluding hydrogens is 294 g/mol. The fourth-order valence-electron chi connectivity index (χ4n) is 2.76. The Balaban J connectivity index is 1.69. The molecular formula is C18H19NO2S. The summed E-state index contributed by atoms with van der Waals surface area (Å²) < 4.78 is 27.4. The van der Waals surface area contributed by atoms with Gasteiger partial charge in [0.05, 0.1) is 4.90 Å². The number of rotatable bonds is 4. The lowest BCUT2D eigenvalue weighted by Crippen LogP contribution is -2.35. The zero-order valence-corrected chi connectivity index (χ0v) is 13.0. The second kappa shape index (κ2) is 6.46. The second-order valence-corrected chi connectivity index (χ2v) is 7.23. The summed E-state index contributed by atoms with van der Waals surface area (Å²) >= 11 is 0. The van der Waals surface area contributed by atoms with E-state index in [0.29, 0.717) is 10.8 Å². The van der Waals surface area contributed by atoms with Crippen molar-refractivity contribution in [2.75, 3.05) is 0 Å². The Bertz CT molecular complexity index is 739. The Morgan fingerprint density at radius 1 is 0.818 bits per heavy atom. The van der Waals surface area contributed by atoms with Crippen LogP contribution in [0.5, 0.6) is 0 Å². The van der Waals surface area contributed by atoms with Crippen LogP contribution >= 0.6 is 0 Å². The van der Waals surface area contributed by atoms with E-state index in [1.807, 2.05) is 30.3 Å². The molecule has 0 heterocycles. The van der Waals surface area contributed by atoms with Crippen molar-refractivity contribution < 1.29 is 8.42 Å². The lowest BCUT2D eigenvalue weighted by atomic mass is 9.88. The van der Waals surface area contributed by atoms with Gasteiger partial charge in [-0.2, -0.15) is 0 Å². The molecule has 3 nitrogen and oxygen atoms in total. The standard InChI is InChI=1S/C18H19NO2S/c20-22(21,18-9-5-2-6-10-18)19-17-13-11-16(12-14-17)15-7-3-1-4-8-15/h1-11,13,16-17,19H,12,14H2/t16-,17-/m1/s1. The van der Waals surface area contributed by atoms with Gasteiger partial charge in [-0.25, -0.2) is 13.1 Å². The summed E-state index contributed by atoms with van der Waals surface area (Å²) in [6.07, 6.45) is 5.84. The van der Waals surface area contributed by atoms with E-state index in [-0.39, 0.29) is 6.04 Å². The van der Waals surface area contributed by atoms with Gasteiger partial charge in [-0.15, -0.1) is 0 Å². The molecule has 4 heteroatoms. The van der Waals surface area contributed by atoms with Gasteiger partial charge in [0.15, 0.2) is 0 Å². The van der Waals surface area contributed by atoms with Crippen molar-refractivity contribution in [1.29, 1.82) is 0 Å². The van der Waals surface area contributed by atoms with E-state index in [0.717, 1.165) is 12.8 Å². The van der Waals surface area contributed by atoms with Gasteiger partial charge >= 0.3 is 0 Å². The topological polar surface area (TPSA) is 46.2 Å². The van der Waals surface area contributed by atoms with Gasteiger partial charge in [-0.05, 0) is 30.5 Å². The molecule has 114 valence electrons. The van der Waals surface area contributed by atoms with E-state index in [4.69, 9.17) is 0 Å². The molecule has 0 aromatic heterocycles. The Hall–Kier alpha value is -1.91. The predicted molar refractivity (Wildman–Crippen MR) is 88.1 cm³/mol. The highest BCUT2D eigenvalue weighted by molar-refractivity contribution is 7.89. The molecule has 0 aliphatic heterocycles. The maximum Gasteiger partial charge on any atom is 0.241 e. The van der Waals surface area contributed by atoms with Crippen LogP contribution in [-0.2, 0) is 10.0 Å². The van der Waals surface area contributed by atoms with E-state index >= 15 is 0 Å². The minimum Gasteiger partial charge on any atom is -0.207 e. The highest BCUT2D eigenvalue weighted by Crippen LogP contribution is 2.28. The van der Waals surface area contributed by atoms with Crippen molar-refractivity contribution >= 4 is 10.0 Å². The fraction of sp³-hybridized carbons (Fsp3) is 0.222. The first-order chi connectivity index (χ1) is 10.6. The normalized spacial score (nSPS) is 21.6. The fourth-order valence-corrected chi connectivity index (χ4v) is 4.01. The molecule has 0 saturated heterocycles. The van der Waals surface area contributed by atoms with Crippen LogP contribution in [0.15, 0.2) is 77.7 Å². The third-order valence-electron chi connectivity index (χ3n) is 3.95. The van der Waals surface area contributed by atoms with E-state index in [2.05, 4.69) is 22.9 Å². The maximum atomic E-state index is 12.3. The molecule has 22 heavy (non-hydrogen) atoms. The van der Waals surface area contributed by atoms with Gasteiger partial charge in [0, 0.05) is 12.0 Å². The summed E-state index contributed by atoms with van der Waals surface area (Å²) in [7, 11) is -3.44. The van der Waals surface area contributed by atoms with Crippen LogP contribution in [0.4, 0.5) is 0 Å². The molecule has 0 radical (unpaired) electrons. The van der Waals surface area contributed by atoms with Crippen molar-refractivity contribution in [3.05, 3.63) is 78.4 Å². The van der Waals surface area contributed by atoms with Crippen LogP contribution in [0, 0.1) is 0 Å². The SMILES string of the molecule is O=S(=O)(N[C@@H]1C=C[C@@H](c2ccccc2)CC1)c1ccccc1. The van der Waals surface area contributed by atoms with Crippen molar-refractivity contribution in [3.63, 3.8) is 0 Å². The van der Waals surface area contributed by atoms with E-state index < -0.39 is 10.0 Å². The van der Waals surface area contributed by atoms with Crippen molar-refractivity contribution in [2.45, 2.75) is 29.7 Å². The molecule has 2 atom stereocenters. The van der Waals surface area contributed by atoms with Crippen LogP contribution in [-0.4, -0.2) is 14.5 Å². The third kappa shape index (κ3) is 3.46. The highest BCUT2D eigenvalue weighted by Gasteiger charge is 2.22. The smallest absolute Gasteiger partial charge is 0.207 e. The lowest BCUT2D eigenvalue weighted by molar-refractivity contribution is 0.534. The monoisotopic (exact) mass is 313 g/mol. The average molecular weight is 313 g/mol.